The lowest BCUT2D eigenvalue weighted by Gasteiger charge is -2.15. The van der Waals surface area contributed by atoms with Gasteiger partial charge in [0.05, 0.1) is 11.0 Å². The van der Waals surface area contributed by atoms with Gasteiger partial charge in [-0.25, -0.2) is 0 Å². The maximum absolute atomic E-state index is 4.72. The summed E-state index contributed by atoms with van der Waals surface area (Å²) in [6.45, 7) is 4.47. The van der Waals surface area contributed by atoms with Crippen molar-refractivity contribution in [1.29, 1.82) is 0 Å². The maximum atomic E-state index is 4.72. The molecular weight excluding hydrogens is 492 g/mol. The number of fused-ring (bicyclic) bond motifs is 9. The molecule has 0 bridgehead atoms. The third kappa shape index (κ3) is 3.33. The number of nitrogens with zero attached hydrogens (tertiary/aromatic N) is 2. The first-order chi connectivity index (χ1) is 19.2. The Morgan fingerprint density at radius 3 is 1.95 bits per heavy atom. The van der Waals surface area contributed by atoms with E-state index in [2.05, 4.69) is 116 Å². The van der Waals surface area contributed by atoms with Crippen molar-refractivity contribution in [3.63, 3.8) is 0 Å². The Balaban J connectivity index is 1.33. The molecule has 8 aromatic rings. The minimum atomic E-state index is 0.956. The van der Waals surface area contributed by atoms with Crippen LogP contribution in [0.3, 0.4) is 0 Å². The summed E-state index contributed by atoms with van der Waals surface area (Å²) in [5.41, 5.74) is 9.59. The highest BCUT2D eigenvalue weighted by atomic mass is 32.1. The van der Waals surface area contributed by atoms with Crippen molar-refractivity contribution < 1.29 is 0 Å². The van der Waals surface area contributed by atoms with E-state index in [9.17, 15) is 0 Å². The quantitative estimate of drug-likeness (QED) is 0.214. The van der Waals surface area contributed by atoms with Gasteiger partial charge < -0.3 is 0 Å². The van der Waals surface area contributed by atoms with Crippen LogP contribution in [0.25, 0.3) is 75.0 Å². The number of benzene rings is 6. The highest BCUT2D eigenvalue weighted by Gasteiger charge is 2.16. The summed E-state index contributed by atoms with van der Waals surface area (Å²) in [5.74, 6) is 0. The van der Waals surface area contributed by atoms with Crippen LogP contribution in [0.1, 0.15) is 11.1 Å². The number of thiophene rings is 1. The third-order valence-corrected chi connectivity index (χ3v) is 9.24. The van der Waals surface area contributed by atoms with E-state index >= 15 is 0 Å². The molecule has 0 unspecified atom stereocenters. The molecular formula is C36H24N2S. The molecule has 0 aliphatic heterocycles. The molecule has 0 radical (unpaired) electrons. The van der Waals surface area contributed by atoms with Crippen LogP contribution < -0.4 is 0 Å². The van der Waals surface area contributed by atoms with Crippen molar-refractivity contribution in [3.8, 4) is 22.3 Å². The smallest absolute Gasteiger partial charge is 0.0971 e. The highest BCUT2D eigenvalue weighted by molar-refractivity contribution is 7.26. The number of aromatic nitrogens is 2. The van der Waals surface area contributed by atoms with Crippen molar-refractivity contribution in [3.05, 3.63) is 121 Å². The van der Waals surface area contributed by atoms with Crippen LogP contribution in [0.15, 0.2) is 109 Å². The molecule has 6 aromatic carbocycles. The fraction of sp³-hybridized carbons (Fsp3) is 0.0556. The minimum Gasteiger partial charge on any atom is -0.252 e. The van der Waals surface area contributed by atoms with Crippen LogP contribution in [-0.2, 0) is 0 Å². The first-order valence-electron chi connectivity index (χ1n) is 13.2. The highest BCUT2D eigenvalue weighted by Crippen LogP contribution is 2.42. The maximum Gasteiger partial charge on any atom is 0.0971 e. The van der Waals surface area contributed by atoms with E-state index in [0.29, 0.717) is 0 Å². The Hall–Kier alpha value is -4.60. The first kappa shape index (κ1) is 22.4. The van der Waals surface area contributed by atoms with Gasteiger partial charge in [0.1, 0.15) is 0 Å². The summed E-state index contributed by atoms with van der Waals surface area (Å²) < 4.78 is 2.70. The summed E-state index contributed by atoms with van der Waals surface area (Å²) in [4.78, 5) is 9.40. The molecule has 2 nitrogen and oxygen atoms in total. The van der Waals surface area contributed by atoms with E-state index < -0.39 is 0 Å². The van der Waals surface area contributed by atoms with Crippen LogP contribution in [0.4, 0.5) is 0 Å². The Labute approximate surface area is 230 Å². The average molecular weight is 517 g/mol. The summed E-state index contributed by atoms with van der Waals surface area (Å²) in [7, 11) is 0. The first-order valence-corrected chi connectivity index (χ1v) is 14.1. The van der Waals surface area contributed by atoms with E-state index in [-0.39, 0.29) is 0 Å². The largest absolute Gasteiger partial charge is 0.252 e. The van der Waals surface area contributed by atoms with Gasteiger partial charge in [-0.2, -0.15) is 0 Å². The zero-order valence-electron chi connectivity index (χ0n) is 21.7. The normalized spacial score (nSPS) is 11.8. The van der Waals surface area contributed by atoms with Gasteiger partial charge in [0, 0.05) is 43.3 Å². The second-order valence-electron chi connectivity index (χ2n) is 10.3. The van der Waals surface area contributed by atoms with E-state index in [4.69, 9.17) is 4.98 Å². The van der Waals surface area contributed by atoms with Crippen LogP contribution in [0.2, 0.25) is 0 Å². The van der Waals surface area contributed by atoms with E-state index in [1.165, 1.54) is 64.3 Å². The zero-order valence-corrected chi connectivity index (χ0v) is 22.5. The molecule has 0 aliphatic carbocycles. The van der Waals surface area contributed by atoms with E-state index in [1.54, 1.807) is 12.4 Å². The molecule has 0 N–H and O–H groups in total. The average Bonchev–Trinajstić information content (AvgIpc) is 3.37. The molecule has 39 heavy (non-hydrogen) atoms. The van der Waals surface area contributed by atoms with Crippen molar-refractivity contribution in [2.75, 3.05) is 0 Å². The van der Waals surface area contributed by atoms with Gasteiger partial charge in [0.15, 0.2) is 0 Å². The predicted molar refractivity (Wildman–Crippen MR) is 168 cm³/mol. The molecule has 0 atom stereocenters. The summed E-state index contributed by atoms with van der Waals surface area (Å²) >= 11 is 1.89. The Morgan fingerprint density at radius 2 is 1.13 bits per heavy atom. The molecule has 0 aliphatic rings. The second-order valence-corrected chi connectivity index (χ2v) is 11.4. The molecule has 0 amide bonds. The lowest BCUT2D eigenvalue weighted by Crippen LogP contribution is -1.92. The van der Waals surface area contributed by atoms with Crippen LogP contribution in [0, 0.1) is 13.8 Å². The van der Waals surface area contributed by atoms with Crippen molar-refractivity contribution in [2.45, 2.75) is 13.8 Å². The molecule has 2 aromatic heterocycles. The molecule has 8 rings (SSSR count). The lowest BCUT2D eigenvalue weighted by atomic mass is 9.90. The summed E-state index contributed by atoms with van der Waals surface area (Å²) in [5, 5.41) is 7.39. The van der Waals surface area contributed by atoms with Gasteiger partial charge in [0.25, 0.3) is 0 Å². The molecule has 2 heterocycles. The lowest BCUT2D eigenvalue weighted by molar-refractivity contribution is 1.31. The SMILES string of the molecule is Cc1cc(-c2cccc3c2sc2ccccc23)c(C)cc1-c1ccc2c(c1)c1ccccc1c1nccnc21. The fourth-order valence-electron chi connectivity index (χ4n) is 6.17. The van der Waals surface area contributed by atoms with Gasteiger partial charge in [-0.15, -0.1) is 11.3 Å². The second kappa shape index (κ2) is 8.45. The van der Waals surface area contributed by atoms with Crippen molar-refractivity contribution >= 4 is 64.1 Å². The standard InChI is InChI=1S/C36H24N2S/c1-21-19-31(29-12-7-11-28-25-9-5-6-13-33(25)39-36(28)29)22(2)18-30(21)23-14-15-27-32(20-23)24-8-3-4-10-26(24)34-35(27)38-17-16-37-34/h3-20H,1-2H3. The van der Waals surface area contributed by atoms with Gasteiger partial charge in [-0.1, -0.05) is 84.9 Å². The molecule has 3 heteroatoms. The zero-order chi connectivity index (χ0) is 26.1. The van der Waals surface area contributed by atoms with E-state index in [1.807, 2.05) is 11.3 Å². The van der Waals surface area contributed by atoms with E-state index in [0.717, 1.165) is 21.8 Å². The number of aryl methyl sites for hydroxylation is 2. The van der Waals surface area contributed by atoms with Crippen molar-refractivity contribution in [1.82, 2.24) is 9.97 Å². The number of rotatable bonds is 2. The third-order valence-electron chi connectivity index (χ3n) is 8.02. The predicted octanol–water partition coefficient (Wildman–Crippen LogP) is 10.3. The minimum absolute atomic E-state index is 0.956. The number of hydrogen-bond donors (Lipinski definition) is 0. The Morgan fingerprint density at radius 1 is 0.487 bits per heavy atom. The fourth-order valence-corrected chi connectivity index (χ4v) is 7.40. The van der Waals surface area contributed by atoms with Gasteiger partial charge in [-0.3, -0.25) is 9.97 Å². The summed E-state index contributed by atoms with van der Waals surface area (Å²) in [6, 6.07) is 35.5. The van der Waals surface area contributed by atoms with Gasteiger partial charge in [0.2, 0.25) is 0 Å². The van der Waals surface area contributed by atoms with Crippen LogP contribution in [-0.4, -0.2) is 9.97 Å². The monoisotopic (exact) mass is 516 g/mol. The molecule has 0 fully saturated rings. The summed E-state index contributed by atoms with van der Waals surface area (Å²) in [6.07, 6.45) is 3.57. The Bertz CT molecular complexity index is 2220. The molecule has 0 spiro atoms. The van der Waals surface area contributed by atoms with Crippen molar-refractivity contribution in [2.24, 2.45) is 0 Å². The topological polar surface area (TPSA) is 25.8 Å². The number of hydrogen-bond acceptors (Lipinski definition) is 3. The van der Waals surface area contributed by atoms with Gasteiger partial charge >= 0.3 is 0 Å². The van der Waals surface area contributed by atoms with Crippen LogP contribution >= 0.6 is 11.3 Å². The molecule has 184 valence electrons. The van der Waals surface area contributed by atoms with Crippen LogP contribution in [0.5, 0.6) is 0 Å². The Kier molecular flexibility index (Phi) is 4.85. The molecule has 0 saturated heterocycles. The van der Waals surface area contributed by atoms with Gasteiger partial charge in [-0.05, 0) is 70.1 Å². The molecule has 0 saturated carbocycles.